The maximum Gasteiger partial charge on any atom is 0.151 e. The van der Waals surface area contributed by atoms with Crippen LogP contribution in [0, 0.1) is 5.41 Å². The first-order valence-electron chi connectivity index (χ1n) is 4.07. The van der Waals surface area contributed by atoms with Crippen LogP contribution in [0.2, 0.25) is 0 Å². The molecule has 0 unspecified atom stereocenters. The number of benzene rings is 1. The third-order valence-corrected chi connectivity index (χ3v) is 2.44. The molecule has 0 radical (unpaired) electrons. The Hall–Kier alpha value is -1.56. The largest absolute Gasteiger partial charge is 0.494 e. The van der Waals surface area contributed by atoms with Crippen molar-refractivity contribution in [2.45, 2.75) is 0 Å². The van der Waals surface area contributed by atoms with Crippen LogP contribution in [-0.2, 0) is 0 Å². The molecule has 0 spiro atoms. The van der Waals surface area contributed by atoms with E-state index in [0.29, 0.717) is 17.0 Å². The van der Waals surface area contributed by atoms with Crippen LogP contribution in [0.3, 0.4) is 0 Å². The Morgan fingerprint density at radius 1 is 1.53 bits per heavy atom. The summed E-state index contributed by atoms with van der Waals surface area (Å²) in [5.74, 6) is 5.52. The number of ether oxygens (including phenoxy) is 1. The average Bonchev–Trinajstić information content (AvgIpc) is 2.26. The molecule has 80 valence electrons. The highest BCUT2D eigenvalue weighted by Crippen LogP contribution is 2.26. The van der Waals surface area contributed by atoms with Gasteiger partial charge in [-0.2, -0.15) is 5.10 Å². The van der Waals surface area contributed by atoms with E-state index in [1.807, 2.05) is 0 Å². The van der Waals surface area contributed by atoms with Crippen molar-refractivity contribution in [2.24, 2.45) is 10.9 Å². The molecule has 6 heteroatoms. The van der Waals surface area contributed by atoms with Gasteiger partial charge in [-0.15, -0.1) is 0 Å². The molecule has 0 aliphatic heterocycles. The predicted octanol–water partition coefficient (Wildman–Crippen LogP) is 1.31. The second-order valence-corrected chi connectivity index (χ2v) is 3.47. The summed E-state index contributed by atoms with van der Waals surface area (Å²) in [7, 11) is 1.50. The van der Waals surface area contributed by atoms with E-state index in [2.05, 4.69) is 21.0 Å². The van der Waals surface area contributed by atoms with Crippen molar-refractivity contribution in [3.63, 3.8) is 0 Å². The van der Waals surface area contributed by atoms with Crippen LogP contribution >= 0.6 is 15.9 Å². The standard InChI is InChI=1S/C9H11BrN4O/c1-15-8-5(3-2-4-6(8)11)7(12)9(10)14-13/h2-4,12H,11,13H2,1H3/b12-7?,14-9+. The Morgan fingerprint density at radius 3 is 2.73 bits per heavy atom. The molecule has 0 bridgehead atoms. The summed E-state index contributed by atoms with van der Waals surface area (Å²) in [6.07, 6.45) is 0. The summed E-state index contributed by atoms with van der Waals surface area (Å²) >= 11 is 3.07. The van der Waals surface area contributed by atoms with Gasteiger partial charge in [0.05, 0.1) is 18.5 Å². The van der Waals surface area contributed by atoms with Gasteiger partial charge in [-0.05, 0) is 28.1 Å². The molecule has 1 aromatic carbocycles. The molecule has 1 rings (SSSR count). The van der Waals surface area contributed by atoms with E-state index >= 15 is 0 Å². The Labute approximate surface area is 95.7 Å². The molecule has 5 nitrogen and oxygen atoms in total. The molecule has 0 aromatic heterocycles. The number of nitrogen functional groups attached to an aromatic ring is 1. The number of para-hydroxylation sites is 1. The molecule has 0 atom stereocenters. The average molecular weight is 271 g/mol. The van der Waals surface area contributed by atoms with E-state index in [4.69, 9.17) is 21.7 Å². The Morgan fingerprint density at radius 2 is 2.20 bits per heavy atom. The predicted molar refractivity (Wildman–Crippen MR) is 64.8 cm³/mol. The lowest BCUT2D eigenvalue weighted by Gasteiger charge is -2.10. The molecular formula is C9H11BrN4O. The maximum absolute atomic E-state index is 7.78. The third-order valence-electron chi connectivity index (χ3n) is 1.84. The highest BCUT2D eigenvalue weighted by Gasteiger charge is 2.14. The molecule has 0 fully saturated rings. The number of nitrogens with one attached hydrogen (secondary N) is 1. The monoisotopic (exact) mass is 270 g/mol. The maximum atomic E-state index is 7.78. The fourth-order valence-corrected chi connectivity index (χ4v) is 1.37. The Bertz CT molecular complexity index is 417. The van der Waals surface area contributed by atoms with Crippen molar-refractivity contribution in [1.29, 1.82) is 5.41 Å². The quantitative estimate of drug-likeness (QED) is 0.334. The van der Waals surface area contributed by atoms with E-state index in [-0.39, 0.29) is 10.3 Å². The second kappa shape index (κ2) is 4.79. The normalized spacial score (nSPS) is 11.2. The lowest BCUT2D eigenvalue weighted by Crippen LogP contribution is -2.12. The van der Waals surface area contributed by atoms with E-state index in [9.17, 15) is 0 Å². The van der Waals surface area contributed by atoms with Crippen molar-refractivity contribution in [2.75, 3.05) is 12.8 Å². The SMILES string of the molecule is COc1c(N)cccc1C(=N)/C(Br)=N\N. The summed E-state index contributed by atoms with van der Waals surface area (Å²) < 4.78 is 5.35. The van der Waals surface area contributed by atoms with E-state index in [1.54, 1.807) is 18.2 Å². The lowest BCUT2D eigenvalue weighted by molar-refractivity contribution is 0.416. The number of hydrogen-bond donors (Lipinski definition) is 3. The minimum Gasteiger partial charge on any atom is -0.494 e. The minimum absolute atomic E-state index is 0.127. The van der Waals surface area contributed by atoms with Gasteiger partial charge in [0.25, 0.3) is 0 Å². The van der Waals surface area contributed by atoms with Gasteiger partial charge in [0.2, 0.25) is 0 Å². The van der Waals surface area contributed by atoms with E-state index < -0.39 is 0 Å². The molecule has 1 aromatic rings. The molecule has 0 heterocycles. The zero-order chi connectivity index (χ0) is 11.4. The molecule has 0 saturated carbocycles. The summed E-state index contributed by atoms with van der Waals surface area (Å²) in [5, 5.41) is 11.2. The fourth-order valence-electron chi connectivity index (χ4n) is 1.16. The van der Waals surface area contributed by atoms with Gasteiger partial charge in [0, 0.05) is 5.56 Å². The number of anilines is 1. The molecule has 0 aliphatic rings. The number of hydrazone groups is 1. The highest BCUT2D eigenvalue weighted by atomic mass is 79.9. The molecule has 0 amide bonds. The number of halogens is 1. The minimum atomic E-state index is 0.127. The van der Waals surface area contributed by atoms with Crippen molar-refractivity contribution in [3.05, 3.63) is 23.8 Å². The third kappa shape index (κ3) is 2.27. The smallest absolute Gasteiger partial charge is 0.151 e. The zero-order valence-electron chi connectivity index (χ0n) is 8.12. The number of methoxy groups -OCH3 is 1. The number of hydrogen-bond acceptors (Lipinski definition) is 5. The van der Waals surface area contributed by atoms with Crippen LogP contribution in [0.5, 0.6) is 5.75 Å². The molecule has 15 heavy (non-hydrogen) atoms. The number of rotatable bonds is 3. The molecule has 0 aliphatic carbocycles. The first-order chi connectivity index (χ1) is 7.11. The van der Waals surface area contributed by atoms with Gasteiger partial charge >= 0.3 is 0 Å². The highest BCUT2D eigenvalue weighted by molar-refractivity contribution is 9.19. The summed E-state index contributed by atoms with van der Waals surface area (Å²) in [6, 6.07) is 5.14. The zero-order valence-corrected chi connectivity index (χ0v) is 9.71. The Kier molecular flexibility index (Phi) is 3.68. The summed E-state index contributed by atoms with van der Waals surface area (Å²) in [4.78, 5) is 0. The number of nitrogens with zero attached hydrogens (tertiary/aromatic N) is 1. The van der Waals surface area contributed by atoms with Gasteiger partial charge in [0.1, 0.15) is 0 Å². The van der Waals surface area contributed by atoms with Gasteiger partial charge in [0.15, 0.2) is 10.4 Å². The molecular weight excluding hydrogens is 260 g/mol. The van der Waals surface area contributed by atoms with Crippen LogP contribution in [0.15, 0.2) is 23.3 Å². The topological polar surface area (TPSA) is 97.5 Å². The van der Waals surface area contributed by atoms with Crippen LogP contribution < -0.4 is 16.3 Å². The molecule has 5 N–H and O–H groups in total. The van der Waals surface area contributed by atoms with Crippen molar-refractivity contribution >= 4 is 31.9 Å². The first-order valence-corrected chi connectivity index (χ1v) is 4.86. The van der Waals surface area contributed by atoms with Gasteiger partial charge < -0.3 is 16.3 Å². The lowest BCUT2D eigenvalue weighted by atomic mass is 10.1. The van der Waals surface area contributed by atoms with Crippen LogP contribution in [0.1, 0.15) is 5.56 Å². The summed E-state index contributed by atoms with van der Waals surface area (Å²) in [6.45, 7) is 0. The van der Waals surface area contributed by atoms with Crippen LogP contribution in [0.4, 0.5) is 5.69 Å². The van der Waals surface area contributed by atoms with Gasteiger partial charge in [-0.25, -0.2) is 0 Å². The van der Waals surface area contributed by atoms with Crippen molar-refractivity contribution in [3.8, 4) is 5.75 Å². The molecule has 0 saturated heterocycles. The van der Waals surface area contributed by atoms with E-state index in [0.717, 1.165) is 0 Å². The van der Waals surface area contributed by atoms with Crippen molar-refractivity contribution < 1.29 is 4.74 Å². The first kappa shape index (κ1) is 11.5. The van der Waals surface area contributed by atoms with Gasteiger partial charge in [-0.3, -0.25) is 5.41 Å². The van der Waals surface area contributed by atoms with Crippen LogP contribution in [0.25, 0.3) is 0 Å². The number of nitrogens with two attached hydrogens (primary N) is 2. The fraction of sp³-hybridized carbons (Fsp3) is 0.111. The van der Waals surface area contributed by atoms with Gasteiger partial charge in [-0.1, -0.05) is 6.07 Å². The second-order valence-electron chi connectivity index (χ2n) is 2.72. The van der Waals surface area contributed by atoms with Crippen LogP contribution in [-0.4, -0.2) is 17.4 Å². The summed E-state index contributed by atoms with van der Waals surface area (Å²) in [5.41, 5.74) is 6.84. The Balaban J connectivity index is 3.26. The van der Waals surface area contributed by atoms with Crippen molar-refractivity contribution in [1.82, 2.24) is 0 Å². The van der Waals surface area contributed by atoms with E-state index in [1.165, 1.54) is 7.11 Å².